The van der Waals surface area contributed by atoms with Crippen molar-refractivity contribution in [2.45, 2.75) is 67.7 Å². The van der Waals surface area contributed by atoms with Gasteiger partial charge in [-0.15, -0.1) is 0 Å². The molecule has 0 saturated heterocycles. The predicted octanol–water partition coefficient (Wildman–Crippen LogP) is 9.29. The largest absolute Gasteiger partial charge is 0.388 e. The number of halogens is 1. The Morgan fingerprint density at radius 1 is 0.909 bits per heavy atom. The van der Waals surface area contributed by atoms with Crippen molar-refractivity contribution in [2.75, 3.05) is 7.05 Å². The van der Waals surface area contributed by atoms with Gasteiger partial charge in [0.05, 0.1) is 10.9 Å². The number of ketones is 2. The highest BCUT2D eigenvalue weighted by molar-refractivity contribution is 6.07. The number of nitrogens with zero attached hydrogens (tertiary/aromatic N) is 1. The Balaban J connectivity index is 0.000000289. The van der Waals surface area contributed by atoms with Crippen molar-refractivity contribution in [3.05, 3.63) is 131 Å². The molecule has 3 aromatic carbocycles. The Hall–Kier alpha value is -4.38. The van der Waals surface area contributed by atoms with Crippen molar-refractivity contribution in [3.63, 3.8) is 0 Å². The van der Waals surface area contributed by atoms with E-state index in [1.807, 2.05) is 46.2 Å². The lowest BCUT2D eigenvalue weighted by molar-refractivity contribution is -0.132. The summed E-state index contributed by atoms with van der Waals surface area (Å²) in [5.74, 6) is -0.0967. The maximum Gasteiger partial charge on any atom is 0.143 e. The number of allylic oxidation sites excluding steroid dienone is 2. The molecular weight excluding hydrogens is 547 g/mol. The first kappa shape index (κ1) is 35.8. The van der Waals surface area contributed by atoms with Crippen LogP contribution in [0.15, 0.2) is 91.7 Å². The van der Waals surface area contributed by atoms with E-state index in [0.29, 0.717) is 0 Å². The van der Waals surface area contributed by atoms with Gasteiger partial charge >= 0.3 is 0 Å². The molecule has 1 fully saturated rings. The maximum absolute atomic E-state index is 12.1. The molecule has 1 aromatic heterocycles. The van der Waals surface area contributed by atoms with Crippen LogP contribution in [0.5, 0.6) is 0 Å². The van der Waals surface area contributed by atoms with Crippen LogP contribution in [-0.2, 0) is 16.0 Å². The molecule has 1 N–H and O–H groups in total. The molecule has 5 heteroatoms. The smallest absolute Gasteiger partial charge is 0.143 e. The van der Waals surface area contributed by atoms with Gasteiger partial charge in [0.25, 0.3) is 0 Å². The quantitative estimate of drug-likeness (QED) is 0.171. The molecule has 0 unspecified atom stereocenters. The van der Waals surface area contributed by atoms with Crippen LogP contribution < -0.4 is 5.32 Å². The molecule has 4 nitrogen and oxygen atoms in total. The third-order valence-electron chi connectivity index (χ3n) is 7.65. The van der Waals surface area contributed by atoms with E-state index in [-0.39, 0.29) is 17.4 Å². The van der Waals surface area contributed by atoms with E-state index in [2.05, 4.69) is 73.2 Å². The Morgan fingerprint density at radius 3 is 1.89 bits per heavy atom. The molecule has 1 heterocycles. The number of hydrogen-bond donors (Lipinski definition) is 1. The van der Waals surface area contributed by atoms with Gasteiger partial charge in [0.2, 0.25) is 0 Å². The number of Topliss-reactive ketones (excluding diaryl/α,β-unsaturated/α-hetero) is 2. The molecule has 232 valence electrons. The number of pyridine rings is 1. The summed E-state index contributed by atoms with van der Waals surface area (Å²) < 4.78 is 12.1. The van der Waals surface area contributed by atoms with Gasteiger partial charge in [-0.25, -0.2) is 4.39 Å². The highest BCUT2D eigenvalue weighted by Gasteiger charge is 2.51. The molecular formula is C39H47FN2O2. The number of aromatic nitrogens is 1. The number of carbonyl (C=O) groups excluding carboxylic acids is 2. The van der Waals surface area contributed by atoms with Gasteiger partial charge in [0.1, 0.15) is 17.4 Å². The molecule has 5 rings (SSSR count). The molecule has 1 saturated carbocycles. The lowest BCUT2D eigenvalue weighted by atomic mass is 9.96. The summed E-state index contributed by atoms with van der Waals surface area (Å²) in [7, 11) is 1.94. The summed E-state index contributed by atoms with van der Waals surface area (Å²) >= 11 is 0. The van der Waals surface area contributed by atoms with Crippen molar-refractivity contribution in [1.29, 1.82) is 0 Å². The molecule has 0 spiro atoms. The standard InChI is InChI=1S/C23H24N2.C7H7F.C7H10O2.C2H6/c1-5-6-22(24-4)20-15-21-19(11-12-25-23(21)13-17(20)3)14-18-9-7-16(2)8-10-18;1-6-2-4-7(8)5-3-6;1-5(8)7(3-4-7)6(2)9;1-2/h5-13,15,24H,1,14H2,2-4H3;2-5H,1H3;3-4H2,1-2H3;1-2H3/b22-6-;;;. The number of rotatable bonds is 7. The Kier molecular flexibility index (Phi) is 13.9. The fourth-order valence-electron chi connectivity index (χ4n) is 4.76. The number of hydrogen-bond acceptors (Lipinski definition) is 4. The highest BCUT2D eigenvalue weighted by Crippen LogP contribution is 2.47. The fourth-order valence-corrected chi connectivity index (χ4v) is 4.76. The third kappa shape index (κ3) is 9.84. The second-order valence-corrected chi connectivity index (χ2v) is 10.9. The average molecular weight is 595 g/mol. The summed E-state index contributed by atoms with van der Waals surface area (Å²) in [4.78, 5) is 26.1. The molecule has 1 aliphatic rings. The first-order chi connectivity index (χ1) is 21.0. The molecule has 0 radical (unpaired) electrons. The van der Waals surface area contributed by atoms with Gasteiger partial charge < -0.3 is 5.32 Å². The second kappa shape index (κ2) is 17.0. The maximum atomic E-state index is 12.1. The molecule has 0 aliphatic heterocycles. The zero-order valence-corrected chi connectivity index (χ0v) is 27.6. The summed E-state index contributed by atoms with van der Waals surface area (Å²) in [6.45, 7) is 17.0. The van der Waals surface area contributed by atoms with Crippen LogP contribution in [0.2, 0.25) is 0 Å². The summed E-state index contributed by atoms with van der Waals surface area (Å²) in [5, 5.41) is 4.47. The van der Waals surface area contributed by atoms with Crippen LogP contribution in [0.25, 0.3) is 16.6 Å². The van der Waals surface area contributed by atoms with Crippen molar-refractivity contribution in [3.8, 4) is 0 Å². The van der Waals surface area contributed by atoms with Gasteiger partial charge in [0.15, 0.2) is 0 Å². The zero-order chi connectivity index (χ0) is 32.9. The van der Waals surface area contributed by atoms with Gasteiger partial charge in [-0.2, -0.15) is 0 Å². The zero-order valence-electron chi connectivity index (χ0n) is 27.6. The van der Waals surface area contributed by atoms with Crippen LogP contribution in [0, 0.1) is 32.0 Å². The van der Waals surface area contributed by atoms with Gasteiger partial charge in [-0.05, 0) is 107 Å². The van der Waals surface area contributed by atoms with Crippen molar-refractivity contribution < 1.29 is 14.0 Å². The van der Waals surface area contributed by atoms with E-state index < -0.39 is 5.41 Å². The van der Waals surface area contributed by atoms with Crippen molar-refractivity contribution in [1.82, 2.24) is 10.3 Å². The average Bonchev–Trinajstić information content (AvgIpc) is 3.83. The minimum atomic E-state index is -0.528. The SMILES string of the molecule is C=C/C=C(\NC)c1cc2c(Cc3ccc(C)cc3)ccnc2cc1C.CC.CC(=O)C1(C(C)=O)CC1.Cc1ccc(F)cc1. The van der Waals surface area contributed by atoms with Crippen LogP contribution in [-0.4, -0.2) is 23.6 Å². The summed E-state index contributed by atoms with van der Waals surface area (Å²) in [5.41, 5.74) is 8.96. The summed E-state index contributed by atoms with van der Waals surface area (Å²) in [6.07, 6.45) is 8.18. The number of fused-ring (bicyclic) bond motifs is 1. The first-order valence-electron chi connectivity index (χ1n) is 15.2. The van der Waals surface area contributed by atoms with Gasteiger partial charge in [-0.1, -0.05) is 74.0 Å². The van der Waals surface area contributed by atoms with E-state index in [4.69, 9.17) is 0 Å². The second-order valence-electron chi connectivity index (χ2n) is 10.9. The Morgan fingerprint density at radius 2 is 1.45 bits per heavy atom. The third-order valence-corrected chi connectivity index (χ3v) is 7.65. The number of carbonyl (C=O) groups is 2. The molecule has 0 bridgehead atoms. The fraction of sp³-hybridized carbons (Fsp3) is 0.308. The van der Waals surface area contributed by atoms with E-state index in [1.54, 1.807) is 12.1 Å². The van der Waals surface area contributed by atoms with Crippen LogP contribution in [0.4, 0.5) is 4.39 Å². The van der Waals surface area contributed by atoms with Crippen LogP contribution in [0.3, 0.4) is 0 Å². The summed E-state index contributed by atoms with van der Waals surface area (Å²) in [6, 6.07) is 21.7. The highest BCUT2D eigenvalue weighted by atomic mass is 19.1. The lowest BCUT2D eigenvalue weighted by Gasteiger charge is -2.14. The van der Waals surface area contributed by atoms with Gasteiger partial charge in [-0.3, -0.25) is 14.6 Å². The van der Waals surface area contributed by atoms with Gasteiger partial charge in [0, 0.05) is 29.9 Å². The Bertz CT molecular complexity index is 1540. The lowest BCUT2D eigenvalue weighted by Crippen LogP contribution is -2.20. The Labute approximate surface area is 263 Å². The van der Waals surface area contributed by atoms with E-state index in [0.717, 1.165) is 36.0 Å². The molecule has 44 heavy (non-hydrogen) atoms. The van der Waals surface area contributed by atoms with E-state index in [1.165, 1.54) is 59.2 Å². The monoisotopic (exact) mass is 594 g/mol. The predicted molar refractivity (Wildman–Crippen MR) is 183 cm³/mol. The van der Waals surface area contributed by atoms with Crippen molar-refractivity contribution in [2.24, 2.45) is 5.41 Å². The van der Waals surface area contributed by atoms with E-state index in [9.17, 15) is 14.0 Å². The minimum absolute atomic E-state index is 0.0370. The minimum Gasteiger partial charge on any atom is -0.388 e. The first-order valence-corrected chi connectivity index (χ1v) is 15.2. The molecule has 0 atom stereocenters. The van der Waals surface area contributed by atoms with E-state index >= 15 is 0 Å². The normalized spacial score (nSPS) is 12.7. The van der Waals surface area contributed by atoms with Crippen LogP contribution >= 0.6 is 0 Å². The number of nitrogens with one attached hydrogen (secondary N) is 1. The molecule has 4 aromatic rings. The van der Waals surface area contributed by atoms with Crippen LogP contribution in [0.1, 0.15) is 73.9 Å². The number of aryl methyl sites for hydroxylation is 3. The topological polar surface area (TPSA) is 59.1 Å². The van der Waals surface area contributed by atoms with Crippen molar-refractivity contribution >= 4 is 28.2 Å². The molecule has 1 aliphatic carbocycles. The molecule has 0 amide bonds. The number of benzene rings is 3.